The number of hydrogen-bond acceptors (Lipinski definition) is 5. The van der Waals surface area contributed by atoms with Gasteiger partial charge in [0, 0.05) is 23.6 Å². The average molecular weight is 365 g/mol. The van der Waals surface area contributed by atoms with Gasteiger partial charge >= 0.3 is 0 Å². The van der Waals surface area contributed by atoms with Crippen LogP contribution in [0.4, 0.5) is 21.5 Å². The Labute approximate surface area is 155 Å². The van der Waals surface area contributed by atoms with Crippen LogP contribution in [0.25, 0.3) is 0 Å². The number of fused-ring (bicyclic) bond motifs is 1. The zero-order valence-electron chi connectivity index (χ0n) is 14.2. The number of rotatable bonds is 4. The van der Waals surface area contributed by atoms with Crippen molar-refractivity contribution in [2.75, 3.05) is 23.8 Å². The molecular weight excluding hydrogens is 349 g/mol. The normalized spacial score (nSPS) is 12.3. The van der Waals surface area contributed by atoms with Gasteiger partial charge in [-0.05, 0) is 36.4 Å². The smallest absolute Gasteiger partial charge is 0.274 e. The Kier molecular flexibility index (Phi) is 4.57. The van der Waals surface area contributed by atoms with Gasteiger partial charge in [0.2, 0.25) is 0 Å². The van der Waals surface area contributed by atoms with E-state index in [1.165, 1.54) is 18.3 Å². The maximum Gasteiger partial charge on any atom is 0.274 e. The Bertz CT molecular complexity index is 994. The highest BCUT2D eigenvalue weighted by Crippen LogP contribution is 2.33. The third-order valence-corrected chi connectivity index (χ3v) is 3.95. The second-order valence-electron chi connectivity index (χ2n) is 5.85. The summed E-state index contributed by atoms with van der Waals surface area (Å²) in [6.07, 6.45) is 1.51. The van der Waals surface area contributed by atoms with Crippen molar-refractivity contribution in [1.29, 1.82) is 0 Å². The van der Waals surface area contributed by atoms with Crippen LogP contribution in [-0.4, -0.2) is 24.1 Å². The SMILES string of the molecule is O=C(Nc1ccccc1F)c1cc(Nc2ccc3c(c2)OCCO3)ccn1. The lowest BCUT2D eigenvalue weighted by atomic mass is 10.2. The number of ether oxygens (including phenoxy) is 2. The quantitative estimate of drug-likeness (QED) is 0.731. The number of anilines is 3. The lowest BCUT2D eigenvalue weighted by Gasteiger charge is -2.19. The van der Waals surface area contributed by atoms with Crippen molar-refractivity contribution in [3.05, 3.63) is 72.3 Å². The van der Waals surface area contributed by atoms with Crippen molar-refractivity contribution in [2.45, 2.75) is 0 Å². The topological polar surface area (TPSA) is 72.5 Å². The molecule has 27 heavy (non-hydrogen) atoms. The number of nitrogens with zero attached hydrogens (tertiary/aromatic N) is 1. The summed E-state index contributed by atoms with van der Waals surface area (Å²) in [5.41, 5.74) is 1.72. The number of para-hydroxylation sites is 1. The van der Waals surface area contributed by atoms with Gasteiger partial charge in [-0.2, -0.15) is 0 Å². The minimum Gasteiger partial charge on any atom is -0.486 e. The van der Waals surface area contributed by atoms with E-state index in [9.17, 15) is 9.18 Å². The number of halogens is 1. The predicted molar refractivity (Wildman–Crippen MR) is 99.3 cm³/mol. The van der Waals surface area contributed by atoms with Gasteiger partial charge in [0.25, 0.3) is 5.91 Å². The molecule has 1 aliphatic rings. The van der Waals surface area contributed by atoms with E-state index in [0.29, 0.717) is 30.4 Å². The van der Waals surface area contributed by atoms with Crippen LogP contribution in [0, 0.1) is 5.82 Å². The maximum absolute atomic E-state index is 13.7. The second kappa shape index (κ2) is 7.33. The molecule has 0 saturated carbocycles. The Morgan fingerprint density at radius 3 is 2.59 bits per heavy atom. The summed E-state index contributed by atoms with van der Waals surface area (Å²) in [5.74, 6) is 0.367. The number of aromatic nitrogens is 1. The number of carbonyl (C=O) groups is 1. The lowest BCUT2D eigenvalue weighted by Crippen LogP contribution is -2.15. The molecule has 0 saturated heterocycles. The first kappa shape index (κ1) is 16.8. The fourth-order valence-corrected chi connectivity index (χ4v) is 2.67. The molecule has 0 atom stereocenters. The lowest BCUT2D eigenvalue weighted by molar-refractivity contribution is 0.102. The molecule has 0 radical (unpaired) electrons. The number of hydrogen-bond donors (Lipinski definition) is 2. The molecule has 0 bridgehead atoms. The van der Waals surface area contributed by atoms with Gasteiger partial charge in [-0.3, -0.25) is 9.78 Å². The highest BCUT2D eigenvalue weighted by atomic mass is 19.1. The molecule has 7 heteroatoms. The summed E-state index contributed by atoms with van der Waals surface area (Å²) in [4.78, 5) is 16.4. The minimum atomic E-state index is -0.503. The summed E-state index contributed by atoms with van der Waals surface area (Å²) in [6.45, 7) is 1.04. The minimum absolute atomic E-state index is 0.106. The molecule has 1 aliphatic heterocycles. The molecule has 0 unspecified atom stereocenters. The van der Waals surface area contributed by atoms with Crippen molar-refractivity contribution < 1.29 is 18.7 Å². The molecule has 2 heterocycles. The fourth-order valence-electron chi connectivity index (χ4n) is 2.67. The van der Waals surface area contributed by atoms with Crippen LogP contribution >= 0.6 is 0 Å². The third-order valence-electron chi connectivity index (χ3n) is 3.95. The first-order chi connectivity index (χ1) is 13.2. The monoisotopic (exact) mass is 365 g/mol. The number of benzene rings is 2. The summed E-state index contributed by atoms with van der Waals surface area (Å²) < 4.78 is 24.8. The molecular formula is C20H16FN3O3. The number of amides is 1. The van der Waals surface area contributed by atoms with Crippen LogP contribution in [0.5, 0.6) is 11.5 Å². The first-order valence-corrected chi connectivity index (χ1v) is 8.38. The molecule has 3 aromatic rings. The van der Waals surface area contributed by atoms with Gasteiger partial charge in [-0.1, -0.05) is 12.1 Å². The Balaban J connectivity index is 1.51. The zero-order valence-corrected chi connectivity index (χ0v) is 14.2. The Hall–Kier alpha value is -3.61. The average Bonchev–Trinajstić information content (AvgIpc) is 2.70. The van der Waals surface area contributed by atoms with Crippen LogP contribution in [0.15, 0.2) is 60.8 Å². The Morgan fingerprint density at radius 1 is 0.963 bits per heavy atom. The van der Waals surface area contributed by atoms with Gasteiger partial charge in [0.15, 0.2) is 11.5 Å². The van der Waals surface area contributed by atoms with E-state index in [4.69, 9.17) is 9.47 Å². The molecule has 2 N–H and O–H groups in total. The molecule has 4 rings (SSSR count). The van der Waals surface area contributed by atoms with Crippen LogP contribution in [0.1, 0.15) is 10.5 Å². The predicted octanol–water partition coefficient (Wildman–Crippen LogP) is 3.99. The van der Waals surface area contributed by atoms with Gasteiger partial charge in [-0.15, -0.1) is 0 Å². The van der Waals surface area contributed by atoms with Crippen LogP contribution in [0.2, 0.25) is 0 Å². The Morgan fingerprint density at radius 2 is 1.74 bits per heavy atom. The number of pyridine rings is 1. The summed E-state index contributed by atoms with van der Waals surface area (Å²) in [6, 6.07) is 14.8. The van der Waals surface area contributed by atoms with Crippen LogP contribution < -0.4 is 20.1 Å². The molecule has 0 fully saturated rings. The zero-order chi connectivity index (χ0) is 18.6. The number of carbonyl (C=O) groups excluding carboxylic acids is 1. The van der Waals surface area contributed by atoms with Gasteiger partial charge in [0.1, 0.15) is 24.7 Å². The summed E-state index contributed by atoms with van der Waals surface area (Å²) in [5, 5.41) is 5.71. The van der Waals surface area contributed by atoms with Crippen molar-refractivity contribution in [2.24, 2.45) is 0 Å². The maximum atomic E-state index is 13.7. The third kappa shape index (κ3) is 3.82. The van der Waals surface area contributed by atoms with Crippen molar-refractivity contribution in [3.63, 3.8) is 0 Å². The summed E-state index contributed by atoms with van der Waals surface area (Å²) >= 11 is 0. The van der Waals surface area contributed by atoms with E-state index in [1.54, 1.807) is 24.3 Å². The van der Waals surface area contributed by atoms with E-state index in [0.717, 1.165) is 5.69 Å². The highest BCUT2D eigenvalue weighted by Gasteiger charge is 2.13. The van der Waals surface area contributed by atoms with E-state index in [2.05, 4.69) is 15.6 Å². The van der Waals surface area contributed by atoms with E-state index in [1.807, 2.05) is 18.2 Å². The highest BCUT2D eigenvalue weighted by molar-refractivity contribution is 6.03. The molecule has 6 nitrogen and oxygen atoms in total. The second-order valence-corrected chi connectivity index (χ2v) is 5.85. The van der Waals surface area contributed by atoms with E-state index in [-0.39, 0.29) is 11.4 Å². The molecule has 2 aromatic carbocycles. The molecule has 1 amide bonds. The standard InChI is InChI=1S/C20H16FN3O3/c21-15-3-1-2-4-16(15)24-20(25)17-11-14(7-8-22-17)23-13-5-6-18-19(12-13)27-10-9-26-18/h1-8,11-12H,9-10H2,(H,22,23)(H,24,25). The van der Waals surface area contributed by atoms with Gasteiger partial charge in [-0.25, -0.2) is 4.39 Å². The fraction of sp³-hybridized carbons (Fsp3) is 0.100. The van der Waals surface area contributed by atoms with E-state index < -0.39 is 11.7 Å². The van der Waals surface area contributed by atoms with Gasteiger partial charge in [0.05, 0.1) is 5.69 Å². The molecule has 0 aliphatic carbocycles. The van der Waals surface area contributed by atoms with Crippen LogP contribution in [-0.2, 0) is 0 Å². The van der Waals surface area contributed by atoms with Crippen molar-refractivity contribution in [3.8, 4) is 11.5 Å². The van der Waals surface area contributed by atoms with Crippen LogP contribution in [0.3, 0.4) is 0 Å². The largest absolute Gasteiger partial charge is 0.486 e. The van der Waals surface area contributed by atoms with E-state index >= 15 is 0 Å². The molecule has 136 valence electrons. The molecule has 1 aromatic heterocycles. The first-order valence-electron chi connectivity index (χ1n) is 8.38. The molecule has 0 spiro atoms. The van der Waals surface area contributed by atoms with Crippen molar-refractivity contribution in [1.82, 2.24) is 4.98 Å². The number of nitrogens with one attached hydrogen (secondary N) is 2. The van der Waals surface area contributed by atoms with Crippen molar-refractivity contribution >= 4 is 23.0 Å². The summed E-state index contributed by atoms with van der Waals surface area (Å²) in [7, 11) is 0. The van der Waals surface area contributed by atoms with Gasteiger partial charge < -0.3 is 20.1 Å².